The molecule has 0 saturated heterocycles. The number of hydrogen-bond acceptors (Lipinski definition) is 2. The van der Waals surface area contributed by atoms with Crippen molar-refractivity contribution in [3.8, 4) is 0 Å². The lowest BCUT2D eigenvalue weighted by Crippen LogP contribution is -2.23. The molecule has 0 spiro atoms. The quantitative estimate of drug-likeness (QED) is 0.678. The molecule has 0 radical (unpaired) electrons. The first-order chi connectivity index (χ1) is 6.27. The molecule has 1 aliphatic rings. The summed E-state index contributed by atoms with van der Waals surface area (Å²) in [6.07, 6.45) is 1.13. The van der Waals surface area contributed by atoms with Crippen LogP contribution in [0, 0.1) is 0 Å². The summed E-state index contributed by atoms with van der Waals surface area (Å²) in [4.78, 5) is 0. The normalized spacial score (nSPS) is 18.0. The number of fused-ring (bicyclic) bond motifs is 1. The van der Waals surface area contributed by atoms with Gasteiger partial charge in [0.05, 0.1) is 0 Å². The van der Waals surface area contributed by atoms with Gasteiger partial charge in [-0.05, 0) is 36.6 Å². The fourth-order valence-electron chi connectivity index (χ4n) is 1.78. The molecule has 1 unspecified atom stereocenters. The second-order valence-electron chi connectivity index (χ2n) is 3.74. The van der Waals surface area contributed by atoms with Gasteiger partial charge in [0.2, 0.25) is 0 Å². The zero-order chi connectivity index (χ0) is 9.26. The summed E-state index contributed by atoms with van der Waals surface area (Å²) >= 11 is 0. The molecule has 2 rings (SSSR count). The molecule has 0 bridgehead atoms. The van der Waals surface area contributed by atoms with Crippen LogP contribution in [-0.4, -0.2) is 6.54 Å². The van der Waals surface area contributed by atoms with E-state index in [1.54, 1.807) is 0 Å². The van der Waals surface area contributed by atoms with Crippen LogP contribution in [-0.2, 0) is 13.0 Å². The van der Waals surface area contributed by atoms with Crippen LogP contribution in [0.15, 0.2) is 18.2 Å². The Labute approximate surface area is 79.1 Å². The highest BCUT2D eigenvalue weighted by Crippen LogP contribution is 2.18. The summed E-state index contributed by atoms with van der Waals surface area (Å²) in [6.45, 7) is 4.13. The molecule has 0 amide bonds. The SMILES string of the molecule is CC(N)c1ccc2c(c1)CCNC2. The molecule has 1 aromatic carbocycles. The van der Waals surface area contributed by atoms with Gasteiger partial charge in [-0.2, -0.15) is 0 Å². The van der Waals surface area contributed by atoms with Crippen molar-refractivity contribution in [1.82, 2.24) is 5.32 Å². The lowest BCUT2D eigenvalue weighted by Gasteiger charge is -2.18. The number of nitrogens with two attached hydrogens (primary N) is 1. The number of nitrogens with one attached hydrogen (secondary N) is 1. The molecule has 0 saturated carbocycles. The van der Waals surface area contributed by atoms with Crippen LogP contribution < -0.4 is 11.1 Å². The molecule has 1 atom stereocenters. The summed E-state index contributed by atoms with van der Waals surface area (Å²) in [5, 5.41) is 3.36. The van der Waals surface area contributed by atoms with Crippen LogP contribution >= 0.6 is 0 Å². The van der Waals surface area contributed by atoms with Crippen LogP contribution in [0.5, 0.6) is 0 Å². The first kappa shape index (κ1) is 8.73. The highest BCUT2D eigenvalue weighted by atomic mass is 14.9. The third-order valence-corrected chi connectivity index (χ3v) is 2.64. The monoisotopic (exact) mass is 176 g/mol. The fraction of sp³-hybridized carbons (Fsp3) is 0.455. The van der Waals surface area contributed by atoms with Gasteiger partial charge in [-0.3, -0.25) is 0 Å². The molecule has 0 aliphatic carbocycles. The maximum absolute atomic E-state index is 5.83. The molecule has 1 aromatic rings. The van der Waals surface area contributed by atoms with E-state index in [-0.39, 0.29) is 6.04 Å². The van der Waals surface area contributed by atoms with E-state index in [1.807, 2.05) is 6.92 Å². The predicted molar refractivity (Wildman–Crippen MR) is 54.5 cm³/mol. The van der Waals surface area contributed by atoms with Gasteiger partial charge in [-0.15, -0.1) is 0 Å². The topological polar surface area (TPSA) is 38.0 Å². The van der Waals surface area contributed by atoms with E-state index in [9.17, 15) is 0 Å². The van der Waals surface area contributed by atoms with Crippen LogP contribution in [0.25, 0.3) is 0 Å². The molecule has 2 heteroatoms. The van der Waals surface area contributed by atoms with E-state index in [4.69, 9.17) is 5.73 Å². The van der Waals surface area contributed by atoms with Crippen LogP contribution in [0.3, 0.4) is 0 Å². The van der Waals surface area contributed by atoms with Crippen molar-refractivity contribution in [1.29, 1.82) is 0 Å². The number of hydrogen-bond donors (Lipinski definition) is 2. The molecule has 0 fully saturated rings. The summed E-state index contributed by atoms with van der Waals surface area (Å²) in [5.74, 6) is 0. The van der Waals surface area contributed by atoms with Gasteiger partial charge in [-0.1, -0.05) is 18.2 Å². The minimum Gasteiger partial charge on any atom is -0.324 e. The van der Waals surface area contributed by atoms with E-state index in [0.29, 0.717) is 0 Å². The van der Waals surface area contributed by atoms with Gasteiger partial charge in [0.1, 0.15) is 0 Å². The molecule has 13 heavy (non-hydrogen) atoms. The summed E-state index contributed by atoms with van der Waals surface area (Å²) < 4.78 is 0. The third-order valence-electron chi connectivity index (χ3n) is 2.64. The van der Waals surface area contributed by atoms with Crippen molar-refractivity contribution < 1.29 is 0 Å². The molecule has 70 valence electrons. The molecule has 2 nitrogen and oxygen atoms in total. The fourth-order valence-corrected chi connectivity index (χ4v) is 1.78. The van der Waals surface area contributed by atoms with Gasteiger partial charge >= 0.3 is 0 Å². The maximum Gasteiger partial charge on any atom is 0.0266 e. The molecular formula is C11H16N2. The predicted octanol–water partition coefficient (Wildman–Crippen LogP) is 1.35. The lowest BCUT2D eigenvalue weighted by molar-refractivity contribution is 0.641. The van der Waals surface area contributed by atoms with Crippen molar-refractivity contribution in [3.05, 3.63) is 34.9 Å². The Morgan fingerprint density at radius 2 is 2.23 bits per heavy atom. The van der Waals surface area contributed by atoms with Crippen LogP contribution in [0.4, 0.5) is 0 Å². The minimum atomic E-state index is 0.153. The highest BCUT2D eigenvalue weighted by Gasteiger charge is 2.09. The van der Waals surface area contributed by atoms with Crippen LogP contribution in [0.1, 0.15) is 29.7 Å². The van der Waals surface area contributed by atoms with Crippen molar-refractivity contribution in [2.24, 2.45) is 5.73 Å². The second-order valence-corrected chi connectivity index (χ2v) is 3.74. The number of benzene rings is 1. The van der Waals surface area contributed by atoms with Gasteiger partial charge in [0, 0.05) is 12.6 Å². The smallest absolute Gasteiger partial charge is 0.0266 e. The van der Waals surface area contributed by atoms with Crippen LogP contribution in [0.2, 0.25) is 0 Å². The molecule has 3 N–H and O–H groups in total. The van der Waals surface area contributed by atoms with Gasteiger partial charge in [0.25, 0.3) is 0 Å². The van der Waals surface area contributed by atoms with Crippen molar-refractivity contribution >= 4 is 0 Å². The molecule has 1 aliphatic heterocycles. The Bertz CT molecular complexity index is 305. The molecular weight excluding hydrogens is 160 g/mol. The van der Waals surface area contributed by atoms with Gasteiger partial charge < -0.3 is 11.1 Å². The maximum atomic E-state index is 5.83. The Morgan fingerprint density at radius 3 is 3.00 bits per heavy atom. The van der Waals surface area contributed by atoms with Crippen molar-refractivity contribution in [3.63, 3.8) is 0 Å². The van der Waals surface area contributed by atoms with E-state index in [1.165, 1.54) is 16.7 Å². The first-order valence-corrected chi connectivity index (χ1v) is 4.85. The second kappa shape index (κ2) is 3.48. The Kier molecular flexibility index (Phi) is 2.34. The van der Waals surface area contributed by atoms with E-state index >= 15 is 0 Å². The zero-order valence-corrected chi connectivity index (χ0v) is 8.01. The van der Waals surface area contributed by atoms with E-state index in [0.717, 1.165) is 19.5 Å². The number of rotatable bonds is 1. The Morgan fingerprint density at radius 1 is 1.38 bits per heavy atom. The van der Waals surface area contributed by atoms with E-state index in [2.05, 4.69) is 23.5 Å². The minimum absolute atomic E-state index is 0.153. The summed E-state index contributed by atoms with van der Waals surface area (Å²) in [7, 11) is 0. The average molecular weight is 176 g/mol. The van der Waals surface area contributed by atoms with Crippen molar-refractivity contribution in [2.75, 3.05) is 6.54 Å². The van der Waals surface area contributed by atoms with Crippen molar-refractivity contribution in [2.45, 2.75) is 25.9 Å². The first-order valence-electron chi connectivity index (χ1n) is 4.85. The standard InChI is InChI=1S/C11H16N2/c1-8(12)9-2-3-11-7-13-5-4-10(11)6-9/h2-3,6,8,13H,4-5,7,12H2,1H3. The Hall–Kier alpha value is -0.860. The van der Waals surface area contributed by atoms with Gasteiger partial charge in [-0.25, -0.2) is 0 Å². The van der Waals surface area contributed by atoms with E-state index < -0.39 is 0 Å². The summed E-state index contributed by atoms with van der Waals surface area (Å²) in [6, 6.07) is 6.73. The Balaban J connectivity index is 2.35. The lowest BCUT2D eigenvalue weighted by atomic mass is 9.96. The average Bonchev–Trinajstić information content (AvgIpc) is 2.17. The molecule has 0 aromatic heterocycles. The highest BCUT2D eigenvalue weighted by molar-refractivity contribution is 5.34. The molecule has 1 heterocycles. The largest absolute Gasteiger partial charge is 0.324 e. The third kappa shape index (κ3) is 1.74. The zero-order valence-electron chi connectivity index (χ0n) is 8.01. The summed E-state index contributed by atoms with van der Waals surface area (Å²) in [5.41, 5.74) is 9.97. The van der Waals surface area contributed by atoms with Gasteiger partial charge in [0.15, 0.2) is 0 Å².